The lowest BCUT2D eigenvalue weighted by atomic mass is 9.84. The predicted octanol–water partition coefficient (Wildman–Crippen LogP) is 6.87. The molecule has 0 N–H and O–H groups in total. The zero-order chi connectivity index (χ0) is 22.7. The Bertz CT molecular complexity index is 1150. The molecule has 0 bridgehead atoms. The number of anilines is 1. The van der Waals surface area contributed by atoms with Crippen molar-refractivity contribution in [1.82, 2.24) is 0 Å². The fraction of sp³-hybridized carbons (Fsp3) is 0.107. The van der Waals surface area contributed by atoms with Crippen molar-refractivity contribution in [1.29, 1.82) is 0 Å². The highest BCUT2D eigenvalue weighted by Gasteiger charge is 2.38. The van der Waals surface area contributed by atoms with Gasteiger partial charge in [0.1, 0.15) is 12.4 Å². The maximum absolute atomic E-state index is 15.5. The average molecular weight is 456 g/mol. The standard InChI is InChI=1S/C28H22FNO2S/c29-25-20-24(30-18-19-32-27(30)31)16-17-26(25)33-28(21-10-4-1-5-11-21,22-12-6-2-7-13-22)23-14-8-3-9-15-23/h1-17,20H,18-19H2. The van der Waals surface area contributed by atoms with Crippen molar-refractivity contribution in [2.24, 2.45) is 0 Å². The van der Waals surface area contributed by atoms with Crippen LogP contribution in [0.15, 0.2) is 114 Å². The normalized spacial score (nSPS) is 13.7. The number of carbonyl (C=O) groups is 1. The van der Waals surface area contributed by atoms with Crippen molar-refractivity contribution < 1.29 is 13.9 Å². The molecule has 33 heavy (non-hydrogen) atoms. The Morgan fingerprint density at radius 2 is 1.27 bits per heavy atom. The second kappa shape index (κ2) is 9.12. The van der Waals surface area contributed by atoms with Gasteiger partial charge in [-0.2, -0.15) is 0 Å². The van der Waals surface area contributed by atoms with Crippen LogP contribution < -0.4 is 4.90 Å². The molecule has 1 heterocycles. The van der Waals surface area contributed by atoms with Crippen LogP contribution in [0, 0.1) is 5.82 Å². The fourth-order valence-electron chi connectivity index (χ4n) is 4.23. The quantitative estimate of drug-likeness (QED) is 0.235. The second-order valence-corrected chi connectivity index (χ2v) is 9.02. The Morgan fingerprint density at radius 1 is 0.758 bits per heavy atom. The Hall–Kier alpha value is -3.57. The van der Waals surface area contributed by atoms with Crippen molar-refractivity contribution in [3.63, 3.8) is 0 Å². The first kappa shape index (κ1) is 21.3. The van der Waals surface area contributed by atoms with Crippen LogP contribution in [0.1, 0.15) is 16.7 Å². The predicted molar refractivity (Wildman–Crippen MR) is 130 cm³/mol. The van der Waals surface area contributed by atoms with Gasteiger partial charge in [0.05, 0.1) is 17.0 Å². The summed E-state index contributed by atoms with van der Waals surface area (Å²) in [5, 5.41) is 0. The Morgan fingerprint density at radius 3 is 1.70 bits per heavy atom. The molecular formula is C28H22FNO2S. The lowest BCUT2D eigenvalue weighted by Crippen LogP contribution is -2.26. The number of ether oxygens (including phenoxy) is 1. The Balaban J connectivity index is 1.66. The minimum atomic E-state index is -0.668. The first-order chi connectivity index (χ1) is 16.2. The van der Waals surface area contributed by atoms with Crippen LogP contribution in [0.4, 0.5) is 14.9 Å². The van der Waals surface area contributed by atoms with Crippen LogP contribution in [-0.4, -0.2) is 19.2 Å². The zero-order valence-corrected chi connectivity index (χ0v) is 18.7. The van der Waals surface area contributed by atoms with Crippen molar-refractivity contribution in [3.05, 3.63) is 132 Å². The number of cyclic esters (lactones) is 1. The van der Waals surface area contributed by atoms with Gasteiger partial charge in [0.25, 0.3) is 0 Å². The molecule has 0 aromatic heterocycles. The number of amides is 1. The smallest absolute Gasteiger partial charge is 0.414 e. The van der Waals surface area contributed by atoms with E-state index in [9.17, 15) is 4.79 Å². The van der Waals surface area contributed by atoms with Crippen molar-refractivity contribution in [2.45, 2.75) is 9.64 Å². The molecule has 5 rings (SSSR count). The molecule has 0 aliphatic carbocycles. The lowest BCUT2D eigenvalue weighted by molar-refractivity contribution is 0.181. The SMILES string of the molecule is O=C1OCCN1c1ccc(SC(c2ccccc2)(c2ccccc2)c2ccccc2)c(F)c1. The lowest BCUT2D eigenvalue weighted by Gasteiger charge is -2.35. The molecule has 1 saturated heterocycles. The number of hydrogen-bond acceptors (Lipinski definition) is 3. The summed E-state index contributed by atoms with van der Waals surface area (Å²) in [5.74, 6) is -0.371. The summed E-state index contributed by atoms with van der Waals surface area (Å²) in [6, 6.07) is 35.5. The Kier molecular flexibility index (Phi) is 5.88. The topological polar surface area (TPSA) is 29.5 Å². The van der Waals surface area contributed by atoms with Crippen LogP contribution in [0.25, 0.3) is 0 Å². The van der Waals surface area contributed by atoms with Crippen LogP contribution in [-0.2, 0) is 9.48 Å². The van der Waals surface area contributed by atoms with Gasteiger partial charge in [0.15, 0.2) is 0 Å². The van der Waals surface area contributed by atoms with E-state index >= 15 is 4.39 Å². The van der Waals surface area contributed by atoms with Crippen molar-refractivity contribution in [3.8, 4) is 0 Å². The van der Waals surface area contributed by atoms with Crippen LogP contribution in [0.2, 0.25) is 0 Å². The van der Waals surface area contributed by atoms with Gasteiger partial charge >= 0.3 is 6.09 Å². The fourth-order valence-corrected chi connectivity index (χ4v) is 5.61. The van der Waals surface area contributed by atoms with E-state index in [1.807, 2.05) is 54.6 Å². The van der Waals surface area contributed by atoms with Gasteiger partial charge in [-0.3, -0.25) is 4.90 Å². The molecule has 164 valence electrons. The van der Waals surface area contributed by atoms with E-state index in [4.69, 9.17) is 4.74 Å². The third-order valence-corrected chi connectivity index (χ3v) is 7.36. The maximum Gasteiger partial charge on any atom is 0.414 e. The highest BCUT2D eigenvalue weighted by Crippen LogP contribution is 2.52. The molecule has 0 unspecified atom stereocenters. The van der Waals surface area contributed by atoms with Gasteiger partial charge in [-0.1, -0.05) is 91.0 Å². The Labute approximate surface area is 196 Å². The number of halogens is 1. The van der Waals surface area contributed by atoms with Crippen LogP contribution >= 0.6 is 11.8 Å². The van der Waals surface area contributed by atoms with E-state index in [1.54, 1.807) is 12.1 Å². The maximum atomic E-state index is 15.5. The molecule has 4 aromatic rings. The molecule has 5 heteroatoms. The molecule has 0 radical (unpaired) electrons. The largest absolute Gasteiger partial charge is 0.447 e. The van der Waals surface area contributed by atoms with Gasteiger partial charge in [-0.25, -0.2) is 9.18 Å². The summed E-state index contributed by atoms with van der Waals surface area (Å²) < 4.78 is 19.8. The molecule has 0 atom stereocenters. The molecule has 4 aromatic carbocycles. The van der Waals surface area contributed by atoms with E-state index in [0.29, 0.717) is 23.7 Å². The second-order valence-electron chi connectivity index (χ2n) is 7.76. The number of nitrogens with zero attached hydrogens (tertiary/aromatic N) is 1. The van der Waals surface area contributed by atoms with Gasteiger partial charge < -0.3 is 4.74 Å². The third-order valence-electron chi connectivity index (χ3n) is 5.79. The zero-order valence-electron chi connectivity index (χ0n) is 17.9. The molecule has 1 fully saturated rings. The minimum absolute atomic E-state index is 0.316. The van der Waals surface area contributed by atoms with E-state index in [1.165, 1.54) is 22.7 Å². The molecule has 1 aliphatic heterocycles. The number of thioether (sulfide) groups is 1. The number of carbonyl (C=O) groups excluding carboxylic acids is 1. The summed E-state index contributed by atoms with van der Waals surface area (Å²) in [7, 11) is 0. The summed E-state index contributed by atoms with van der Waals surface area (Å²) in [6.07, 6.45) is -0.443. The van der Waals surface area contributed by atoms with Gasteiger partial charge in [0, 0.05) is 4.90 Å². The van der Waals surface area contributed by atoms with E-state index in [-0.39, 0.29) is 5.82 Å². The summed E-state index contributed by atoms with van der Waals surface area (Å²) in [6.45, 7) is 0.739. The molecular weight excluding hydrogens is 433 g/mol. The van der Waals surface area contributed by atoms with Crippen molar-refractivity contribution in [2.75, 3.05) is 18.1 Å². The highest BCUT2D eigenvalue weighted by molar-refractivity contribution is 8.00. The van der Waals surface area contributed by atoms with E-state index in [2.05, 4.69) is 36.4 Å². The first-order valence-corrected chi connectivity index (χ1v) is 11.6. The molecule has 1 aliphatic rings. The number of rotatable bonds is 6. The van der Waals surface area contributed by atoms with Gasteiger partial charge in [-0.15, -0.1) is 11.8 Å². The average Bonchev–Trinajstić information content (AvgIpc) is 3.31. The number of hydrogen-bond donors (Lipinski definition) is 0. The first-order valence-electron chi connectivity index (χ1n) is 10.8. The molecule has 3 nitrogen and oxygen atoms in total. The van der Waals surface area contributed by atoms with Crippen LogP contribution in [0.3, 0.4) is 0 Å². The molecule has 1 amide bonds. The molecule has 0 saturated carbocycles. The van der Waals surface area contributed by atoms with E-state index in [0.717, 1.165) is 16.7 Å². The minimum Gasteiger partial charge on any atom is -0.447 e. The summed E-state index contributed by atoms with van der Waals surface area (Å²) >= 11 is 1.46. The summed E-state index contributed by atoms with van der Waals surface area (Å²) in [5.41, 5.74) is 3.67. The van der Waals surface area contributed by atoms with Crippen molar-refractivity contribution >= 4 is 23.5 Å². The highest BCUT2D eigenvalue weighted by atomic mass is 32.2. The summed E-state index contributed by atoms with van der Waals surface area (Å²) in [4.78, 5) is 13.9. The van der Waals surface area contributed by atoms with Gasteiger partial charge in [-0.05, 0) is 34.9 Å². The molecule has 0 spiro atoms. The number of benzene rings is 4. The third kappa shape index (κ3) is 4.00. The van der Waals surface area contributed by atoms with Crippen LogP contribution in [0.5, 0.6) is 0 Å². The monoisotopic (exact) mass is 455 g/mol. The van der Waals surface area contributed by atoms with Gasteiger partial charge in [0.2, 0.25) is 0 Å². The van der Waals surface area contributed by atoms with E-state index < -0.39 is 10.8 Å².